The van der Waals surface area contributed by atoms with Gasteiger partial charge in [0.05, 0.1) is 13.2 Å². The molecule has 0 radical (unpaired) electrons. The summed E-state index contributed by atoms with van der Waals surface area (Å²) in [6, 6.07) is -0.974. The van der Waals surface area contributed by atoms with Crippen LogP contribution in [0.1, 0.15) is 26.2 Å². The quantitative estimate of drug-likeness (QED) is 0.498. The average molecular weight is 306 g/mol. The van der Waals surface area contributed by atoms with Gasteiger partial charge in [0.1, 0.15) is 6.04 Å². The zero-order chi connectivity index (χ0) is 15.2. The number of carbonyl (C=O) groups is 1. The third-order valence-electron chi connectivity index (χ3n) is 2.93. The Hall–Kier alpha value is -0.960. The molecule has 0 aliphatic carbocycles. The van der Waals surface area contributed by atoms with E-state index in [0.29, 0.717) is 19.4 Å². The second kappa shape index (κ2) is 7.72. The lowest BCUT2D eigenvalue weighted by Crippen LogP contribution is -2.52. The summed E-state index contributed by atoms with van der Waals surface area (Å²) in [5.41, 5.74) is 0.856. The molecule has 0 saturated carbocycles. The van der Waals surface area contributed by atoms with Gasteiger partial charge in [-0.15, -0.1) is 0 Å². The Balaban J connectivity index is 2.49. The number of hydrogen-bond donors (Lipinski definition) is 2. The first-order valence-corrected chi connectivity index (χ1v) is 8.00. The zero-order valence-corrected chi connectivity index (χ0v) is 12.5. The molecule has 1 aliphatic heterocycles. The maximum absolute atomic E-state index is 12.1. The molecule has 1 rings (SSSR count). The van der Waals surface area contributed by atoms with Crippen molar-refractivity contribution in [3.63, 3.8) is 0 Å². The normalized spacial score (nSPS) is 20.8. The van der Waals surface area contributed by atoms with E-state index in [1.54, 1.807) is 0 Å². The van der Waals surface area contributed by atoms with Gasteiger partial charge in [0.25, 0.3) is 10.2 Å². The zero-order valence-electron chi connectivity index (χ0n) is 11.7. The van der Waals surface area contributed by atoms with Gasteiger partial charge in [-0.3, -0.25) is 4.79 Å². The van der Waals surface area contributed by atoms with Crippen molar-refractivity contribution in [2.45, 2.75) is 32.2 Å². The molecule has 1 atom stereocenters. The second-order valence-electron chi connectivity index (χ2n) is 4.87. The van der Waals surface area contributed by atoms with Gasteiger partial charge >= 0.3 is 5.97 Å². The molecule has 0 amide bonds. The van der Waals surface area contributed by atoms with E-state index in [2.05, 4.69) is 11.3 Å². The van der Waals surface area contributed by atoms with Crippen LogP contribution in [0.25, 0.3) is 0 Å². The first-order chi connectivity index (χ1) is 9.34. The molecule has 1 aliphatic rings. The second-order valence-corrected chi connectivity index (χ2v) is 6.58. The van der Waals surface area contributed by atoms with Crippen molar-refractivity contribution in [2.75, 3.05) is 26.3 Å². The molecule has 2 N–H and O–H groups in total. The molecule has 0 aromatic heterocycles. The van der Waals surface area contributed by atoms with Gasteiger partial charge in [-0.1, -0.05) is 12.2 Å². The van der Waals surface area contributed by atoms with Gasteiger partial charge in [0, 0.05) is 13.1 Å². The van der Waals surface area contributed by atoms with Crippen molar-refractivity contribution >= 4 is 16.2 Å². The molecule has 1 heterocycles. The highest BCUT2D eigenvalue weighted by Gasteiger charge is 2.36. The number of nitrogens with zero attached hydrogens (tertiary/aromatic N) is 1. The van der Waals surface area contributed by atoms with Crippen LogP contribution < -0.4 is 4.72 Å². The van der Waals surface area contributed by atoms with Crippen LogP contribution in [0.5, 0.6) is 0 Å². The summed E-state index contributed by atoms with van der Waals surface area (Å²) in [6.45, 7) is 6.42. The standard InChI is InChI=1S/C12H22N2O5S/c1-10(2)9-19-8-6-13-20(17,18)14-7-4-3-5-11(14)12(15)16/h11,13H,1,3-9H2,2H3,(H,15,16). The fourth-order valence-electron chi connectivity index (χ4n) is 2.01. The van der Waals surface area contributed by atoms with Gasteiger partial charge < -0.3 is 9.84 Å². The molecular weight excluding hydrogens is 284 g/mol. The van der Waals surface area contributed by atoms with E-state index in [1.807, 2.05) is 6.92 Å². The smallest absolute Gasteiger partial charge is 0.322 e. The van der Waals surface area contributed by atoms with Crippen LogP contribution in [0.3, 0.4) is 0 Å². The first-order valence-electron chi connectivity index (χ1n) is 6.56. The molecular formula is C12H22N2O5S. The van der Waals surface area contributed by atoms with E-state index in [4.69, 9.17) is 9.84 Å². The van der Waals surface area contributed by atoms with Crippen LogP contribution in [0, 0.1) is 0 Å². The molecule has 0 bridgehead atoms. The fourth-order valence-corrected chi connectivity index (χ4v) is 3.42. The Kier molecular flexibility index (Phi) is 6.60. The van der Waals surface area contributed by atoms with E-state index < -0.39 is 22.2 Å². The van der Waals surface area contributed by atoms with E-state index in [1.165, 1.54) is 0 Å². The van der Waals surface area contributed by atoms with Crippen LogP contribution in [0.2, 0.25) is 0 Å². The Morgan fingerprint density at radius 2 is 2.20 bits per heavy atom. The molecule has 20 heavy (non-hydrogen) atoms. The number of carboxylic acids is 1. The molecule has 1 unspecified atom stereocenters. The molecule has 0 spiro atoms. The summed E-state index contributed by atoms with van der Waals surface area (Å²) >= 11 is 0. The van der Waals surface area contributed by atoms with Crippen LogP contribution in [0.15, 0.2) is 12.2 Å². The predicted octanol–water partition coefficient (Wildman–Crippen LogP) is 0.353. The van der Waals surface area contributed by atoms with Gasteiger partial charge in [0.2, 0.25) is 0 Å². The minimum absolute atomic E-state index is 0.110. The van der Waals surface area contributed by atoms with E-state index in [9.17, 15) is 13.2 Å². The lowest BCUT2D eigenvalue weighted by atomic mass is 10.1. The van der Waals surface area contributed by atoms with Crippen molar-refractivity contribution in [1.82, 2.24) is 9.03 Å². The summed E-state index contributed by atoms with van der Waals surface area (Å²) in [5, 5.41) is 9.07. The number of rotatable bonds is 8. The third-order valence-corrected chi connectivity index (χ3v) is 4.55. The van der Waals surface area contributed by atoms with E-state index in [-0.39, 0.29) is 19.7 Å². The molecule has 8 heteroatoms. The molecule has 0 aromatic rings. The number of piperidine rings is 1. The van der Waals surface area contributed by atoms with E-state index in [0.717, 1.165) is 16.3 Å². The van der Waals surface area contributed by atoms with Crippen LogP contribution in [0.4, 0.5) is 0 Å². The molecule has 1 fully saturated rings. The largest absolute Gasteiger partial charge is 0.480 e. The summed E-state index contributed by atoms with van der Waals surface area (Å²) in [4.78, 5) is 11.1. The minimum Gasteiger partial charge on any atom is -0.480 e. The highest BCUT2D eigenvalue weighted by atomic mass is 32.2. The van der Waals surface area contributed by atoms with Crippen LogP contribution in [-0.2, 0) is 19.7 Å². The Labute approximate surface area is 119 Å². The third kappa shape index (κ3) is 5.20. The monoisotopic (exact) mass is 306 g/mol. The predicted molar refractivity (Wildman–Crippen MR) is 74.5 cm³/mol. The van der Waals surface area contributed by atoms with Gasteiger partial charge in [0.15, 0.2) is 0 Å². The van der Waals surface area contributed by atoms with E-state index >= 15 is 0 Å². The van der Waals surface area contributed by atoms with Crippen molar-refractivity contribution in [2.24, 2.45) is 0 Å². The summed E-state index contributed by atoms with van der Waals surface area (Å²) in [5.74, 6) is -1.10. The minimum atomic E-state index is -3.78. The highest BCUT2D eigenvalue weighted by Crippen LogP contribution is 2.19. The Bertz CT molecular complexity index is 449. The molecule has 0 aromatic carbocycles. The van der Waals surface area contributed by atoms with Crippen molar-refractivity contribution in [3.8, 4) is 0 Å². The van der Waals surface area contributed by atoms with Crippen molar-refractivity contribution in [1.29, 1.82) is 0 Å². The number of aliphatic carboxylic acids is 1. The molecule has 7 nitrogen and oxygen atoms in total. The molecule has 1 saturated heterocycles. The van der Waals surface area contributed by atoms with Crippen LogP contribution >= 0.6 is 0 Å². The SMILES string of the molecule is C=C(C)COCCNS(=O)(=O)N1CCCCC1C(=O)O. The first kappa shape index (κ1) is 17.1. The summed E-state index contributed by atoms with van der Waals surface area (Å²) in [7, 11) is -3.78. The maximum Gasteiger partial charge on any atom is 0.322 e. The highest BCUT2D eigenvalue weighted by molar-refractivity contribution is 7.87. The summed E-state index contributed by atoms with van der Waals surface area (Å²) in [6.07, 6.45) is 1.75. The van der Waals surface area contributed by atoms with Gasteiger partial charge in [-0.2, -0.15) is 17.4 Å². The van der Waals surface area contributed by atoms with Crippen molar-refractivity contribution in [3.05, 3.63) is 12.2 Å². The number of hydrogen-bond acceptors (Lipinski definition) is 4. The Morgan fingerprint density at radius 1 is 1.50 bits per heavy atom. The average Bonchev–Trinajstić information content (AvgIpc) is 2.37. The fraction of sp³-hybridized carbons (Fsp3) is 0.750. The number of nitrogens with one attached hydrogen (secondary N) is 1. The maximum atomic E-state index is 12.1. The molecule has 116 valence electrons. The van der Waals surface area contributed by atoms with Crippen molar-refractivity contribution < 1.29 is 23.1 Å². The Morgan fingerprint density at radius 3 is 2.80 bits per heavy atom. The topological polar surface area (TPSA) is 95.9 Å². The lowest BCUT2D eigenvalue weighted by molar-refractivity contribution is -0.142. The number of ether oxygens (including phenoxy) is 1. The lowest BCUT2D eigenvalue weighted by Gasteiger charge is -2.31. The number of carboxylic acid groups (broad SMARTS) is 1. The van der Waals surface area contributed by atoms with Gasteiger partial charge in [-0.05, 0) is 26.2 Å². The van der Waals surface area contributed by atoms with Gasteiger partial charge in [-0.25, -0.2) is 0 Å². The van der Waals surface area contributed by atoms with Crippen LogP contribution in [-0.4, -0.2) is 56.1 Å². The summed E-state index contributed by atoms with van der Waals surface area (Å²) < 4.78 is 32.7.